The number of hydrogen-bond donors (Lipinski definition) is 0. The molecule has 0 saturated heterocycles. The van der Waals surface area contributed by atoms with Gasteiger partial charge in [-0.3, -0.25) is 14.5 Å². The minimum atomic E-state index is 0.708. The second-order valence-corrected chi connectivity index (χ2v) is 4.03. The Bertz CT molecular complexity index is 517. The van der Waals surface area contributed by atoms with E-state index in [2.05, 4.69) is 10.1 Å². The highest BCUT2D eigenvalue weighted by Gasteiger charge is 2.09. The number of carbonyl (C=O) groups excluding carboxylic acids is 1. The highest BCUT2D eigenvalue weighted by molar-refractivity contribution is 5.77. The highest BCUT2D eigenvalue weighted by Crippen LogP contribution is 2.11. The summed E-state index contributed by atoms with van der Waals surface area (Å²) in [6.45, 7) is 4.57. The van der Waals surface area contributed by atoms with Crippen molar-refractivity contribution in [1.29, 1.82) is 0 Å². The first-order valence-corrected chi connectivity index (χ1v) is 5.60. The Kier molecular flexibility index (Phi) is 3.32. The minimum Gasteiger partial charge on any atom is -0.298 e. The van der Waals surface area contributed by atoms with Gasteiger partial charge in [-0.05, 0) is 38.0 Å². The van der Waals surface area contributed by atoms with E-state index in [1.807, 2.05) is 30.7 Å². The molecule has 0 atom stereocenters. The fourth-order valence-electron chi connectivity index (χ4n) is 1.88. The van der Waals surface area contributed by atoms with Gasteiger partial charge < -0.3 is 0 Å². The van der Waals surface area contributed by atoms with Gasteiger partial charge in [0.1, 0.15) is 0 Å². The van der Waals surface area contributed by atoms with E-state index in [9.17, 15) is 4.79 Å². The SMILES string of the molecule is Cc1nn(CCc2ccncc2)c(C)c1C=O. The zero-order chi connectivity index (χ0) is 12.3. The van der Waals surface area contributed by atoms with Crippen molar-refractivity contribution >= 4 is 6.29 Å². The first kappa shape index (κ1) is 11.5. The van der Waals surface area contributed by atoms with Crippen molar-refractivity contribution in [3.05, 3.63) is 47.0 Å². The van der Waals surface area contributed by atoms with Gasteiger partial charge in [-0.25, -0.2) is 0 Å². The molecule has 88 valence electrons. The summed E-state index contributed by atoms with van der Waals surface area (Å²) < 4.78 is 1.89. The van der Waals surface area contributed by atoms with Crippen LogP contribution in [0.3, 0.4) is 0 Å². The lowest BCUT2D eigenvalue weighted by atomic mass is 10.2. The number of aldehydes is 1. The van der Waals surface area contributed by atoms with Gasteiger partial charge in [0.05, 0.1) is 11.3 Å². The molecule has 4 nitrogen and oxygen atoms in total. The normalized spacial score (nSPS) is 10.5. The average Bonchev–Trinajstić information content (AvgIpc) is 2.63. The van der Waals surface area contributed by atoms with Crippen LogP contribution in [0.25, 0.3) is 0 Å². The number of rotatable bonds is 4. The lowest BCUT2D eigenvalue weighted by molar-refractivity contribution is 0.112. The summed E-state index contributed by atoms with van der Waals surface area (Å²) in [7, 11) is 0. The van der Waals surface area contributed by atoms with Gasteiger partial charge >= 0.3 is 0 Å². The van der Waals surface area contributed by atoms with Crippen LogP contribution in [0.2, 0.25) is 0 Å². The van der Waals surface area contributed by atoms with Crippen molar-refractivity contribution in [2.45, 2.75) is 26.8 Å². The van der Waals surface area contributed by atoms with Crippen molar-refractivity contribution in [3.63, 3.8) is 0 Å². The van der Waals surface area contributed by atoms with Crippen LogP contribution in [0.1, 0.15) is 27.3 Å². The molecule has 0 bridgehead atoms. The van der Waals surface area contributed by atoms with Gasteiger partial charge in [0.25, 0.3) is 0 Å². The fourth-order valence-corrected chi connectivity index (χ4v) is 1.88. The third kappa shape index (κ3) is 2.41. The molecule has 2 aromatic rings. The smallest absolute Gasteiger partial charge is 0.153 e. The highest BCUT2D eigenvalue weighted by atomic mass is 16.1. The van der Waals surface area contributed by atoms with Crippen LogP contribution < -0.4 is 0 Å². The van der Waals surface area contributed by atoms with E-state index in [1.165, 1.54) is 5.56 Å². The Hall–Kier alpha value is -1.97. The van der Waals surface area contributed by atoms with Crippen LogP contribution in [0.5, 0.6) is 0 Å². The summed E-state index contributed by atoms with van der Waals surface area (Å²) >= 11 is 0. The standard InChI is InChI=1S/C13H15N3O/c1-10-13(9-17)11(2)16(15-10)8-5-12-3-6-14-7-4-12/h3-4,6-7,9H,5,8H2,1-2H3. The summed E-state index contributed by atoms with van der Waals surface area (Å²) in [6, 6.07) is 3.98. The molecular formula is C13H15N3O. The molecule has 0 radical (unpaired) electrons. The lowest BCUT2D eigenvalue weighted by Gasteiger charge is -2.04. The maximum absolute atomic E-state index is 10.9. The zero-order valence-corrected chi connectivity index (χ0v) is 10.1. The summed E-state index contributed by atoms with van der Waals surface area (Å²) in [5, 5.41) is 4.37. The monoisotopic (exact) mass is 229 g/mol. The Morgan fingerprint density at radius 2 is 2.00 bits per heavy atom. The molecule has 0 aliphatic heterocycles. The summed E-state index contributed by atoms with van der Waals surface area (Å²) in [5.74, 6) is 0. The first-order chi connectivity index (χ1) is 8.22. The molecule has 2 rings (SSSR count). The molecule has 17 heavy (non-hydrogen) atoms. The Labute approximate surface area is 100 Å². The van der Waals surface area contributed by atoms with E-state index in [1.54, 1.807) is 12.4 Å². The summed E-state index contributed by atoms with van der Waals surface area (Å²) in [5.41, 5.74) is 3.67. The average molecular weight is 229 g/mol. The molecule has 0 amide bonds. The van der Waals surface area contributed by atoms with Crippen molar-refractivity contribution in [2.24, 2.45) is 0 Å². The largest absolute Gasteiger partial charge is 0.298 e. The molecule has 4 heteroatoms. The van der Waals surface area contributed by atoms with Crippen LogP contribution in [0.4, 0.5) is 0 Å². The number of aryl methyl sites for hydroxylation is 3. The summed E-state index contributed by atoms with van der Waals surface area (Å²) in [4.78, 5) is 14.9. The molecule has 0 spiro atoms. The van der Waals surface area contributed by atoms with Crippen LogP contribution >= 0.6 is 0 Å². The topological polar surface area (TPSA) is 47.8 Å². The number of carbonyl (C=O) groups is 1. The third-order valence-electron chi connectivity index (χ3n) is 2.92. The molecular weight excluding hydrogens is 214 g/mol. The van der Waals surface area contributed by atoms with E-state index in [0.29, 0.717) is 5.56 Å². The van der Waals surface area contributed by atoms with Crippen molar-refractivity contribution in [1.82, 2.24) is 14.8 Å². The molecule has 2 heterocycles. The number of pyridine rings is 1. The minimum absolute atomic E-state index is 0.708. The molecule has 0 saturated carbocycles. The fraction of sp³-hybridized carbons (Fsp3) is 0.308. The van der Waals surface area contributed by atoms with Gasteiger partial charge in [0.2, 0.25) is 0 Å². The zero-order valence-electron chi connectivity index (χ0n) is 10.1. The van der Waals surface area contributed by atoms with E-state index in [4.69, 9.17) is 0 Å². The maximum atomic E-state index is 10.9. The van der Waals surface area contributed by atoms with Gasteiger partial charge in [0, 0.05) is 24.6 Å². The van der Waals surface area contributed by atoms with Crippen LogP contribution in [-0.2, 0) is 13.0 Å². The number of hydrogen-bond acceptors (Lipinski definition) is 3. The summed E-state index contributed by atoms with van der Waals surface area (Å²) in [6.07, 6.45) is 5.34. The van der Waals surface area contributed by atoms with Crippen molar-refractivity contribution < 1.29 is 4.79 Å². The predicted molar refractivity (Wildman–Crippen MR) is 65.0 cm³/mol. The quantitative estimate of drug-likeness (QED) is 0.753. The van der Waals surface area contributed by atoms with Crippen molar-refractivity contribution in [2.75, 3.05) is 0 Å². The predicted octanol–water partition coefficient (Wildman–Crippen LogP) is 1.95. The van der Waals surface area contributed by atoms with Gasteiger partial charge in [-0.15, -0.1) is 0 Å². The molecule has 0 aliphatic carbocycles. The van der Waals surface area contributed by atoms with Crippen LogP contribution in [0.15, 0.2) is 24.5 Å². The van der Waals surface area contributed by atoms with Crippen LogP contribution in [0, 0.1) is 13.8 Å². The van der Waals surface area contributed by atoms with E-state index >= 15 is 0 Å². The van der Waals surface area contributed by atoms with Crippen LogP contribution in [-0.4, -0.2) is 21.1 Å². The second kappa shape index (κ2) is 4.91. The maximum Gasteiger partial charge on any atom is 0.153 e. The van der Waals surface area contributed by atoms with E-state index in [0.717, 1.165) is 30.6 Å². The molecule has 0 aromatic carbocycles. The molecule has 0 fully saturated rings. The number of nitrogens with zero attached hydrogens (tertiary/aromatic N) is 3. The number of aromatic nitrogens is 3. The second-order valence-electron chi connectivity index (χ2n) is 4.03. The van der Waals surface area contributed by atoms with Crippen molar-refractivity contribution in [3.8, 4) is 0 Å². The molecule has 0 N–H and O–H groups in total. The van der Waals surface area contributed by atoms with Gasteiger partial charge in [0.15, 0.2) is 6.29 Å². The Balaban J connectivity index is 2.12. The molecule has 2 aromatic heterocycles. The van der Waals surface area contributed by atoms with Gasteiger partial charge in [-0.1, -0.05) is 0 Å². The lowest BCUT2D eigenvalue weighted by Crippen LogP contribution is -2.05. The van der Waals surface area contributed by atoms with E-state index < -0.39 is 0 Å². The van der Waals surface area contributed by atoms with E-state index in [-0.39, 0.29) is 0 Å². The van der Waals surface area contributed by atoms with Gasteiger partial charge in [-0.2, -0.15) is 5.10 Å². The molecule has 0 aliphatic rings. The third-order valence-corrected chi connectivity index (χ3v) is 2.92. The molecule has 0 unspecified atom stereocenters. The Morgan fingerprint density at radius 3 is 2.59 bits per heavy atom. The Morgan fingerprint density at radius 1 is 1.29 bits per heavy atom. The first-order valence-electron chi connectivity index (χ1n) is 5.60.